The molecule has 0 aromatic heterocycles. The van der Waals surface area contributed by atoms with Gasteiger partial charge in [0.2, 0.25) is 0 Å². The topological polar surface area (TPSA) is 24.1 Å². The van der Waals surface area contributed by atoms with Crippen LogP contribution in [0.2, 0.25) is 0 Å². The van der Waals surface area contributed by atoms with E-state index in [2.05, 4.69) is 41.0 Å². The summed E-state index contributed by atoms with van der Waals surface area (Å²) >= 11 is 0. The molecule has 2 nitrogen and oxygen atoms in total. The highest BCUT2D eigenvalue weighted by atomic mass is 15.0. The number of benzene rings is 1. The van der Waals surface area contributed by atoms with E-state index in [-0.39, 0.29) is 0 Å². The predicted molar refractivity (Wildman–Crippen MR) is 61.6 cm³/mol. The molecule has 1 aromatic carbocycles. The average Bonchev–Trinajstić information content (AvgIpc) is 2.15. The summed E-state index contributed by atoms with van der Waals surface area (Å²) < 4.78 is 0. The maximum Gasteiger partial charge on any atom is 0.0208 e. The Morgan fingerprint density at radius 2 is 1.93 bits per heavy atom. The van der Waals surface area contributed by atoms with E-state index in [1.54, 1.807) is 0 Å². The van der Waals surface area contributed by atoms with Gasteiger partial charge >= 0.3 is 0 Å². The standard InChI is InChI=1S/C13H18N2/c1-2-4-11(5-3-1)8-15-12-6-13(7-12)9-14-10-13/h1-5,12,14-15H,6-10H2. The zero-order valence-electron chi connectivity index (χ0n) is 9.00. The number of hydrogen-bond donors (Lipinski definition) is 2. The first-order valence-corrected chi connectivity index (χ1v) is 5.84. The third-order valence-corrected chi connectivity index (χ3v) is 3.80. The number of nitrogens with one attached hydrogen (secondary N) is 2. The van der Waals surface area contributed by atoms with Gasteiger partial charge in [0.15, 0.2) is 0 Å². The first kappa shape index (κ1) is 9.37. The summed E-state index contributed by atoms with van der Waals surface area (Å²) in [5.41, 5.74) is 2.08. The van der Waals surface area contributed by atoms with Crippen molar-refractivity contribution in [3.8, 4) is 0 Å². The molecular formula is C13H18N2. The van der Waals surface area contributed by atoms with Gasteiger partial charge in [0, 0.05) is 25.7 Å². The predicted octanol–water partition coefficient (Wildman–Crippen LogP) is 1.53. The Kier molecular flexibility index (Phi) is 2.26. The zero-order chi connectivity index (χ0) is 10.1. The van der Waals surface area contributed by atoms with Crippen LogP contribution in [0.4, 0.5) is 0 Å². The van der Waals surface area contributed by atoms with Crippen LogP contribution in [0.1, 0.15) is 18.4 Å². The van der Waals surface area contributed by atoms with E-state index < -0.39 is 0 Å². The molecule has 1 spiro atoms. The van der Waals surface area contributed by atoms with E-state index in [1.165, 1.54) is 31.5 Å². The van der Waals surface area contributed by atoms with Crippen LogP contribution in [0.5, 0.6) is 0 Å². The molecule has 1 aliphatic heterocycles. The Labute approximate surface area is 91.1 Å². The zero-order valence-corrected chi connectivity index (χ0v) is 9.00. The van der Waals surface area contributed by atoms with Crippen LogP contribution in [0, 0.1) is 5.41 Å². The van der Waals surface area contributed by atoms with Crippen LogP contribution in [0.25, 0.3) is 0 Å². The van der Waals surface area contributed by atoms with Gasteiger partial charge in [-0.3, -0.25) is 0 Å². The first-order chi connectivity index (χ1) is 7.36. The van der Waals surface area contributed by atoms with Crippen LogP contribution < -0.4 is 10.6 Å². The lowest BCUT2D eigenvalue weighted by Crippen LogP contribution is -2.64. The van der Waals surface area contributed by atoms with Crippen molar-refractivity contribution in [2.24, 2.45) is 5.41 Å². The highest BCUT2D eigenvalue weighted by Gasteiger charge is 2.47. The molecule has 2 aliphatic rings. The second-order valence-corrected chi connectivity index (χ2v) is 5.08. The van der Waals surface area contributed by atoms with Gasteiger partial charge < -0.3 is 10.6 Å². The van der Waals surface area contributed by atoms with E-state index in [1.807, 2.05) is 0 Å². The maximum absolute atomic E-state index is 3.63. The fourth-order valence-corrected chi connectivity index (χ4v) is 2.76. The first-order valence-electron chi connectivity index (χ1n) is 5.84. The average molecular weight is 202 g/mol. The van der Waals surface area contributed by atoms with Crippen molar-refractivity contribution in [2.45, 2.75) is 25.4 Å². The summed E-state index contributed by atoms with van der Waals surface area (Å²) in [6.45, 7) is 3.52. The number of hydrogen-bond acceptors (Lipinski definition) is 2. The molecule has 1 heterocycles. The minimum atomic E-state index is 0.689. The molecule has 1 saturated carbocycles. The Morgan fingerprint density at radius 1 is 1.20 bits per heavy atom. The quantitative estimate of drug-likeness (QED) is 0.776. The SMILES string of the molecule is c1ccc(CNC2CC3(CNC3)C2)cc1. The van der Waals surface area contributed by atoms with E-state index in [0.717, 1.165) is 12.6 Å². The maximum atomic E-state index is 3.63. The normalized spacial score (nSPS) is 23.5. The van der Waals surface area contributed by atoms with Gasteiger partial charge in [0.1, 0.15) is 0 Å². The van der Waals surface area contributed by atoms with Crippen LogP contribution >= 0.6 is 0 Å². The van der Waals surface area contributed by atoms with Gasteiger partial charge in [-0.25, -0.2) is 0 Å². The molecule has 2 fully saturated rings. The van der Waals surface area contributed by atoms with E-state index >= 15 is 0 Å². The summed E-state index contributed by atoms with van der Waals surface area (Å²) in [4.78, 5) is 0. The van der Waals surface area contributed by atoms with Gasteiger partial charge in [0.05, 0.1) is 0 Å². The molecule has 0 atom stereocenters. The van der Waals surface area contributed by atoms with Crippen molar-refractivity contribution in [1.82, 2.24) is 10.6 Å². The lowest BCUT2D eigenvalue weighted by atomic mass is 9.61. The van der Waals surface area contributed by atoms with Crippen LogP contribution in [-0.4, -0.2) is 19.1 Å². The molecule has 1 saturated heterocycles. The molecule has 15 heavy (non-hydrogen) atoms. The van der Waals surface area contributed by atoms with Crippen molar-refractivity contribution < 1.29 is 0 Å². The highest BCUT2D eigenvalue weighted by molar-refractivity contribution is 5.15. The monoisotopic (exact) mass is 202 g/mol. The molecule has 2 heteroatoms. The van der Waals surface area contributed by atoms with Crippen molar-refractivity contribution in [1.29, 1.82) is 0 Å². The molecule has 3 rings (SSSR count). The van der Waals surface area contributed by atoms with Crippen molar-refractivity contribution in [2.75, 3.05) is 13.1 Å². The van der Waals surface area contributed by atoms with Gasteiger partial charge in [-0.2, -0.15) is 0 Å². The fourth-order valence-electron chi connectivity index (χ4n) is 2.76. The highest BCUT2D eigenvalue weighted by Crippen LogP contribution is 2.44. The lowest BCUT2D eigenvalue weighted by molar-refractivity contribution is 0.0230. The molecule has 0 amide bonds. The van der Waals surface area contributed by atoms with Crippen molar-refractivity contribution >= 4 is 0 Å². The molecule has 0 bridgehead atoms. The molecular weight excluding hydrogens is 184 g/mol. The summed E-state index contributed by atoms with van der Waals surface area (Å²) in [5.74, 6) is 0. The van der Waals surface area contributed by atoms with Crippen molar-refractivity contribution in [3.05, 3.63) is 35.9 Å². The van der Waals surface area contributed by atoms with E-state index in [0.29, 0.717) is 5.41 Å². The molecule has 0 radical (unpaired) electrons. The Balaban J connectivity index is 1.44. The number of rotatable bonds is 3. The third-order valence-electron chi connectivity index (χ3n) is 3.80. The van der Waals surface area contributed by atoms with Gasteiger partial charge in [-0.1, -0.05) is 30.3 Å². The third kappa shape index (κ3) is 1.80. The largest absolute Gasteiger partial charge is 0.316 e. The van der Waals surface area contributed by atoms with Gasteiger partial charge in [-0.05, 0) is 23.8 Å². The summed E-state index contributed by atoms with van der Waals surface area (Å²) in [6.07, 6.45) is 2.74. The second kappa shape index (κ2) is 3.62. The summed E-state index contributed by atoms with van der Waals surface area (Å²) in [5, 5.41) is 7.00. The minimum absolute atomic E-state index is 0.689. The summed E-state index contributed by atoms with van der Waals surface area (Å²) in [7, 11) is 0. The molecule has 1 aromatic rings. The van der Waals surface area contributed by atoms with Crippen LogP contribution in [0.15, 0.2) is 30.3 Å². The van der Waals surface area contributed by atoms with Gasteiger partial charge in [0.25, 0.3) is 0 Å². The molecule has 0 unspecified atom stereocenters. The smallest absolute Gasteiger partial charge is 0.0208 e. The van der Waals surface area contributed by atoms with Crippen molar-refractivity contribution in [3.63, 3.8) is 0 Å². The Bertz CT molecular complexity index is 322. The molecule has 2 N–H and O–H groups in total. The Hall–Kier alpha value is -0.860. The lowest BCUT2D eigenvalue weighted by Gasteiger charge is -2.54. The van der Waals surface area contributed by atoms with Crippen LogP contribution in [0.3, 0.4) is 0 Å². The second-order valence-electron chi connectivity index (χ2n) is 5.08. The molecule has 1 aliphatic carbocycles. The Morgan fingerprint density at radius 3 is 2.53 bits per heavy atom. The van der Waals surface area contributed by atoms with E-state index in [4.69, 9.17) is 0 Å². The summed E-state index contributed by atoms with van der Waals surface area (Å²) in [6, 6.07) is 11.4. The minimum Gasteiger partial charge on any atom is -0.316 e. The van der Waals surface area contributed by atoms with E-state index in [9.17, 15) is 0 Å². The van der Waals surface area contributed by atoms with Gasteiger partial charge in [-0.15, -0.1) is 0 Å². The van der Waals surface area contributed by atoms with Crippen LogP contribution in [-0.2, 0) is 6.54 Å². The molecule has 80 valence electrons. The fraction of sp³-hybridized carbons (Fsp3) is 0.538.